The summed E-state index contributed by atoms with van der Waals surface area (Å²) in [6.45, 7) is 4.78. The van der Waals surface area contributed by atoms with Crippen LogP contribution in [-0.2, 0) is 16.6 Å². The van der Waals surface area contributed by atoms with Crippen molar-refractivity contribution >= 4 is 17.8 Å². The van der Waals surface area contributed by atoms with Crippen LogP contribution in [0.3, 0.4) is 0 Å². The van der Waals surface area contributed by atoms with Crippen LogP contribution in [0.5, 0.6) is 0 Å². The van der Waals surface area contributed by atoms with Crippen LogP contribution < -0.4 is 5.32 Å². The van der Waals surface area contributed by atoms with E-state index in [4.69, 9.17) is 5.11 Å². The van der Waals surface area contributed by atoms with Crippen molar-refractivity contribution in [1.29, 1.82) is 0 Å². The molecule has 0 spiro atoms. The maximum Gasteiger partial charge on any atom is 0.326 e. The minimum atomic E-state index is -1.10. The second-order valence-corrected chi connectivity index (χ2v) is 4.80. The van der Waals surface area contributed by atoms with Gasteiger partial charge < -0.3 is 15.3 Å². The van der Waals surface area contributed by atoms with Crippen LogP contribution in [0.25, 0.3) is 0 Å². The Hall–Kier alpha value is -2.38. The summed E-state index contributed by atoms with van der Waals surface area (Å²) in [5, 5.41) is 15.8. The Morgan fingerprint density at radius 2 is 2.10 bits per heavy atom. The van der Waals surface area contributed by atoms with E-state index in [1.165, 1.54) is 23.4 Å². The molecule has 0 aromatic carbocycles. The highest BCUT2D eigenvalue weighted by atomic mass is 16.4. The molecule has 8 nitrogen and oxygen atoms in total. The van der Waals surface area contributed by atoms with Gasteiger partial charge in [-0.05, 0) is 13.8 Å². The summed E-state index contributed by atoms with van der Waals surface area (Å²) in [5.74, 6) is -1.75. The molecule has 1 aromatic rings. The number of hydrogen-bond acceptors (Lipinski definition) is 4. The molecule has 0 fully saturated rings. The predicted octanol–water partition coefficient (Wildman–Crippen LogP) is -0.220. The SMILES string of the molecule is CC(=O)NCCN(C(=O)c1cn(C)nc1C)C(C)C(=O)O. The summed E-state index contributed by atoms with van der Waals surface area (Å²) in [6, 6.07) is -0.995. The van der Waals surface area contributed by atoms with Gasteiger partial charge in [0.15, 0.2) is 0 Å². The number of nitrogens with zero attached hydrogens (tertiary/aromatic N) is 3. The van der Waals surface area contributed by atoms with E-state index >= 15 is 0 Å². The fraction of sp³-hybridized carbons (Fsp3) is 0.538. The summed E-state index contributed by atoms with van der Waals surface area (Å²) in [6.07, 6.45) is 1.55. The number of aryl methyl sites for hydroxylation is 2. The molecule has 2 N–H and O–H groups in total. The largest absolute Gasteiger partial charge is 0.480 e. The number of rotatable bonds is 6. The van der Waals surface area contributed by atoms with Gasteiger partial charge in [0.1, 0.15) is 6.04 Å². The lowest BCUT2D eigenvalue weighted by Gasteiger charge is -2.26. The van der Waals surface area contributed by atoms with Crippen molar-refractivity contribution in [2.45, 2.75) is 26.8 Å². The summed E-state index contributed by atoms with van der Waals surface area (Å²) in [5.41, 5.74) is 0.887. The molecule has 8 heteroatoms. The van der Waals surface area contributed by atoms with Crippen molar-refractivity contribution in [2.24, 2.45) is 7.05 Å². The molecule has 1 unspecified atom stereocenters. The number of carbonyl (C=O) groups is 3. The molecule has 0 saturated heterocycles. The zero-order valence-corrected chi connectivity index (χ0v) is 12.6. The number of carboxylic acid groups (broad SMARTS) is 1. The van der Waals surface area contributed by atoms with Crippen molar-refractivity contribution in [3.8, 4) is 0 Å². The second kappa shape index (κ2) is 6.87. The highest BCUT2D eigenvalue weighted by Gasteiger charge is 2.28. The average molecular weight is 296 g/mol. The predicted molar refractivity (Wildman–Crippen MR) is 74.8 cm³/mol. The van der Waals surface area contributed by atoms with Gasteiger partial charge in [0.25, 0.3) is 5.91 Å². The molecular formula is C13H20N4O4. The van der Waals surface area contributed by atoms with Gasteiger partial charge in [0.05, 0.1) is 11.3 Å². The fourth-order valence-corrected chi connectivity index (χ4v) is 1.92. The van der Waals surface area contributed by atoms with E-state index in [1.54, 1.807) is 20.2 Å². The van der Waals surface area contributed by atoms with E-state index in [9.17, 15) is 14.4 Å². The summed E-state index contributed by atoms with van der Waals surface area (Å²) < 4.78 is 1.50. The standard InChI is InChI=1S/C13H20N4O4/c1-8-11(7-16(4)15-8)12(19)17(9(2)13(20)21)6-5-14-10(3)18/h7,9H,5-6H2,1-4H3,(H,14,18)(H,20,21). The Morgan fingerprint density at radius 1 is 1.48 bits per heavy atom. The minimum Gasteiger partial charge on any atom is -0.480 e. The molecule has 21 heavy (non-hydrogen) atoms. The third kappa shape index (κ3) is 4.30. The van der Waals surface area contributed by atoms with Crippen molar-refractivity contribution in [2.75, 3.05) is 13.1 Å². The van der Waals surface area contributed by atoms with Gasteiger partial charge in [0.2, 0.25) is 5.91 Å². The van der Waals surface area contributed by atoms with Crippen LogP contribution in [0.4, 0.5) is 0 Å². The molecule has 1 rings (SSSR count). The molecule has 0 saturated carbocycles. The number of hydrogen-bond donors (Lipinski definition) is 2. The lowest BCUT2D eigenvalue weighted by atomic mass is 10.2. The molecule has 0 aliphatic rings. The van der Waals surface area contributed by atoms with E-state index in [0.29, 0.717) is 11.3 Å². The zero-order valence-electron chi connectivity index (χ0n) is 12.6. The molecule has 2 amide bonds. The Bertz CT molecular complexity index is 552. The molecule has 1 aromatic heterocycles. The van der Waals surface area contributed by atoms with E-state index < -0.39 is 17.9 Å². The lowest BCUT2D eigenvalue weighted by Crippen LogP contribution is -2.46. The number of aliphatic carboxylic acids is 1. The first kappa shape index (κ1) is 16.7. The highest BCUT2D eigenvalue weighted by molar-refractivity contribution is 5.97. The normalized spacial score (nSPS) is 11.8. The number of aromatic nitrogens is 2. The van der Waals surface area contributed by atoms with Gasteiger partial charge in [-0.1, -0.05) is 0 Å². The summed E-state index contributed by atoms with van der Waals surface area (Å²) in [7, 11) is 1.69. The molecule has 0 aliphatic carbocycles. The average Bonchev–Trinajstić information content (AvgIpc) is 2.72. The fourth-order valence-electron chi connectivity index (χ4n) is 1.92. The molecule has 0 radical (unpaired) electrons. The minimum absolute atomic E-state index is 0.111. The monoisotopic (exact) mass is 296 g/mol. The maximum absolute atomic E-state index is 12.5. The number of carbonyl (C=O) groups excluding carboxylic acids is 2. The van der Waals surface area contributed by atoms with E-state index in [2.05, 4.69) is 10.4 Å². The van der Waals surface area contributed by atoms with Crippen LogP contribution in [0.1, 0.15) is 29.9 Å². The van der Waals surface area contributed by atoms with Crippen molar-refractivity contribution in [1.82, 2.24) is 20.0 Å². The first-order valence-electron chi connectivity index (χ1n) is 6.52. The Kier molecular flexibility index (Phi) is 5.45. The van der Waals surface area contributed by atoms with E-state index in [1.807, 2.05) is 0 Å². The van der Waals surface area contributed by atoms with Crippen molar-refractivity contribution < 1.29 is 19.5 Å². The van der Waals surface area contributed by atoms with E-state index in [0.717, 1.165) is 0 Å². The van der Waals surface area contributed by atoms with Crippen LogP contribution in [-0.4, -0.2) is 56.7 Å². The number of nitrogens with one attached hydrogen (secondary N) is 1. The second-order valence-electron chi connectivity index (χ2n) is 4.80. The molecule has 0 aliphatic heterocycles. The van der Waals surface area contributed by atoms with Crippen LogP contribution in [0.15, 0.2) is 6.20 Å². The lowest BCUT2D eigenvalue weighted by molar-refractivity contribution is -0.141. The highest BCUT2D eigenvalue weighted by Crippen LogP contribution is 2.11. The quantitative estimate of drug-likeness (QED) is 0.755. The Morgan fingerprint density at radius 3 is 2.52 bits per heavy atom. The Labute approximate surface area is 122 Å². The van der Waals surface area contributed by atoms with Gasteiger partial charge in [-0.15, -0.1) is 0 Å². The van der Waals surface area contributed by atoms with Crippen LogP contribution in [0.2, 0.25) is 0 Å². The molecule has 1 heterocycles. The first-order valence-corrected chi connectivity index (χ1v) is 6.52. The summed E-state index contributed by atoms with van der Waals surface area (Å²) >= 11 is 0. The molecule has 0 bridgehead atoms. The summed E-state index contributed by atoms with van der Waals surface area (Å²) in [4.78, 5) is 35.8. The van der Waals surface area contributed by atoms with Crippen molar-refractivity contribution in [3.63, 3.8) is 0 Å². The Balaban J connectivity index is 2.94. The van der Waals surface area contributed by atoms with Gasteiger partial charge in [0, 0.05) is 33.3 Å². The third-order valence-corrected chi connectivity index (χ3v) is 3.06. The molecule has 1 atom stereocenters. The topological polar surface area (TPSA) is 105 Å². The van der Waals surface area contributed by atoms with Gasteiger partial charge in [-0.2, -0.15) is 5.10 Å². The maximum atomic E-state index is 12.5. The zero-order chi connectivity index (χ0) is 16.2. The smallest absolute Gasteiger partial charge is 0.326 e. The first-order chi connectivity index (χ1) is 9.73. The number of amides is 2. The van der Waals surface area contributed by atoms with Gasteiger partial charge >= 0.3 is 5.97 Å². The third-order valence-electron chi connectivity index (χ3n) is 3.06. The number of carboxylic acids is 1. The van der Waals surface area contributed by atoms with Crippen LogP contribution in [0, 0.1) is 6.92 Å². The van der Waals surface area contributed by atoms with Crippen molar-refractivity contribution in [3.05, 3.63) is 17.5 Å². The van der Waals surface area contributed by atoms with Crippen LogP contribution >= 0.6 is 0 Å². The molecular weight excluding hydrogens is 276 g/mol. The van der Waals surface area contributed by atoms with Gasteiger partial charge in [-0.3, -0.25) is 14.3 Å². The van der Waals surface area contributed by atoms with E-state index in [-0.39, 0.29) is 19.0 Å². The van der Waals surface area contributed by atoms with Gasteiger partial charge in [-0.25, -0.2) is 4.79 Å². The molecule has 116 valence electrons.